The van der Waals surface area contributed by atoms with Crippen LogP contribution in [0, 0.1) is 0 Å². The molecule has 0 amide bonds. The maximum Gasteiger partial charge on any atom is 0.159 e. The number of anilines is 1. The Morgan fingerprint density at radius 1 is 1.42 bits per heavy atom. The summed E-state index contributed by atoms with van der Waals surface area (Å²) in [6, 6.07) is 5.49. The monoisotopic (exact) mass is 163 g/mol. The SMILES string of the molecule is CCc1cc(N)cc(C(C)=O)c1. The number of ketones is 1. The Hall–Kier alpha value is -1.31. The summed E-state index contributed by atoms with van der Waals surface area (Å²) in [5, 5.41) is 0. The number of Topliss-reactive ketones (excluding diaryl/α,β-unsaturated/α-hetero) is 1. The number of hydrogen-bond acceptors (Lipinski definition) is 2. The predicted octanol–water partition coefficient (Wildman–Crippen LogP) is 2.03. The van der Waals surface area contributed by atoms with Crippen molar-refractivity contribution >= 4 is 11.5 Å². The second-order valence-corrected chi connectivity index (χ2v) is 2.87. The van der Waals surface area contributed by atoms with Crippen LogP contribution in [0.3, 0.4) is 0 Å². The zero-order valence-corrected chi connectivity index (χ0v) is 7.42. The molecule has 0 heterocycles. The first-order chi connectivity index (χ1) is 5.63. The normalized spacial score (nSPS) is 9.83. The van der Waals surface area contributed by atoms with Gasteiger partial charge in [-0.3, -0.25) is 4.79 Å². The van der Waals surface area contributed by atoms with Crippen molar-refractivity contribution in [3.8, 4) is 0 Å². The van der Waals surface area contributed by atoms with Crippen molar-refractivity contribution in [3.63, 3.8) is 0 Å². The maximum atomic E-state index is 11.0. The Bertz CT molecular complexity index is 305. The topological polar surface area (TPSA) is 43.1 Å². The third-order valence-electron chi connectivity index (χ3n) is 1.83. The van der Waals surface area contributed by atoms with Crippen molar-refractivity contribution in [2.75, 3.05) is 5.73 Å². The van der Waals surface area contributed by atoms with Gasteiger partial charge >= 0.3 is 0 Å². The van der Waals surface area contributed by atoms with E-state index in [4.69, 9.17) is 5.73 Å². The standard InChI is InChI=1S/C10H13NO/c1-3-8-4-9(7(2)12)6-10(11)5-8/h4-6H,3,11H2,1-2H3. The number of aryl methyl sites for hydroxylation is 1. The molecule has 2 N–H and O–H groups in total. The Labute approximate surface area is 72.4 Å². The summed E-state index contributed by atoms with van der Waals surface area (Å²) in [5.41, 5.74) is 8.10. The summed E-state index contributed by atoms with van der Waals surface area (Å²) in [7, 11) is 0. The molecule has 0 radical (unpaired) electrons. The van der Waals surface area contributed by atoms with Gasteiger partial charge in [-0.2, -0.15) is 0 Å². The van der Waals surface area contributed by atoms with Crippen molar-refractivity contribution < 1.29 is 4.79 Å². The second-order valence-electron chi connectivity index (χ2n) is 2.87. The molecule has 0 aliphatic heterocycles. The lowest BCUT2D eigenvalue weighted by molar-refractivity contribution is 0.101. The van der Waals surface area contributed by atoms with Gasteiger partial charge in [0.15, 0.2) is 5.78 Å². The number of rotatable bonds is 2. The molecule has 0 unspecified atom stereocenters. The van der Waals surface area contributed by atoms with Gasteiger partial charge in [-0.1, -0.05) is 6.92 Å². The summed E-state index contributed by atoms with van der Waals surface area (Å²) in [6.07, 6.45) is 0.908. The van der Waals surface area contributed by atoms with Crippen LogP contribution in [0.25, 0.3) is 0 Å². The van der Waals surface area contributed by atoms with Gasteiger partial charge in [-0.15, -0.1) is 0 Å². The van der Waals surface area contributed by atoms with E-state index in [1.165, 1.54) is 0 Å². The molecule has 0 aromatic heterocycles. The van der Waals surface area contributed by atoms with E-state index in [0.717, 1.165) is 12.0 Å². The third-order valence-corrected chi connectivity index (χ3v) is 1.83. The van der Waals surface area contributed by atoms with E-state index in [1.54, 1.807) is 13.0 Å². The molecule has 0 saturated heterocycles. The van der Waals surface area contributed by atoms with Crippen LogP contribution in [0.1, 0.15) is 29.8 Å². The van der Waals surface area contributed by atoms with Crippen LogP contribution in [0.5, 0.6) is 0 Å². The first kappa shape index (κ1) is 8.78. The van der Waals surface area contributed by atoms with E-state index >= 15 is 0 Å². The van der Waals surface area contributed by atoms with Crippen molar-refractivity contribution in [1.82, 2.24) is 0 Å². The zero-order chi connectivity index (χ0) is 9.14. The third kappa shape index (κ3) is 1.84. The average Bonchev–Trinajstić information content (AvgIpc) is 2.03. The van der Waals surface area contributed by atoms with Gasteiger partial charge in [-0.25, -0.2) is 0 Å². The maximum absolute atomic E-state index is 11.0. The van der Waals surface area contributed by atoms with Gasteiger partial charge in [-0.05, 0) is 37.1 Å². The highest BCUT2D eigenvalue weighted by atomic mass is 16.1. The van der Waals surface area contributed by atoms with E-state index in [0.29, 0.717) is 11.3 Å². The number of carbonyl (C=O) groups excluding carboxylic acids is 1. The van der Waals surface area contributed by atoms with E-state index in [1.807, 2.05) is 19.1 Å². The highest BCUT2D eigenvalue weighted by molar-refractivity contribution is 5.95. The molecular formula is C10H13NO. The first-order valence-electron chi connectivity index (χ1n) is 4.04. The Morgan fingerprint density at radius 2 is 2.08 bits per heavy atom. The van der Waals surface area contributed by atoms with Crippen LogP contribution >= 0.6 is 0 Å². The molecule has 1 rings (SSSR count). The van der Waals surface area contributed by atoms with E-state index in [9.17, 15) is 4.79 Å². The summed E-state index contributed by atoms with van der Waals surface area (Å²) in [4.78, 5) is 11.0. The highest BCUT2D eigenvalue weighted by Crippen LogP contribution is 2.12. The van der Waals surface area contributed by atoms with Gasteiger partial charge in [0.25, 0.3) is 0 Å². The highest BCUT2D eigenvalue weighted by Gasteiger charge is 2.01. The number of nitrogen functional groups attached to an aromatic ring is 1. The fourth-order valence-corrected chi connectivity index (χ4v) is 1.13. The van der Waals surface area contributed by atoms with Crippen LogP contribution < -0.4 is 5.73 Å². The molecular weight excluding hydrogens is 150 g/mol. The van der Waals surface area contributed by atoms with E-state index in [-0.39, 0.29) is 5.78 Å². The summed E-state index contributed by atoms with van der Waals surface area (Å²) >= 11 is 0. The van der Waals surface area contributed by atoms with Crippen molar-refractivity contribution in [2.45, 2.75) is 20.3 Å². The smallest absolute Gasteiger partial charge is 0.159 e. The molecule has 0 aliphatic rings. The van der Waals surface area contributed by atoms with Crippen LogP contribution in [0.4, 0.5) is 5.69 Å². The summed E-state index contributed by atoms with van der Waals surface area (Å²) in [5.74, 6) is 0.0667. The van der Waals surface area contributed by atoms with Gasteiger partial charge < -0.3 is 5.73 Å². The van der Waals surface area contributed by atoms with Gasteiger partial charge in [0, 0.05) is 11.3 Å². The Balaban J connectivity index is 3.15. The minimum absolute atomic E-state index is 0.0667. The summed E-state index contributed by atoms with van der Waals surface area (Å²) in [6.45, 7) is 3.59. The quantitative estimate of drug-likeness (QED) is 0.535. The largest absolute Gasteiger partial charge is 0.399 e. The number of nitrogens with two attached hydrogens (primary N) is 1. The predicted molar refractivity (Wildman–Crippen MR) is 50.2 cm³/mol. The molecule has 1 aromatic carbocycles. The van der Waals surface area contributed by atoms with Crippen LogP contribution in [0.2, 0.25) is 0 Å². The number of carbonyl (C=O) groups is 1. The van der Waals surface area contributed by atoms with E-state index in [2.05, 4.69) is 0 Å². The molecule has 0 fully saturated rings. The van der Waals surface area contributed by atoms with Gasteiger partial charge in [0.1, 0.15) is 0 Å². The molecule has 0 aliphatic carbocycles. The molecule has 2 heteroatoms. The van der Waals surface area contributed by atoms with E-state index < -0.39 is 0 Å². The van der Waals surface area contributed by atoms with Crippen LogP contribution in [-0.4, -0.2) is 5.78 Å². The molecule has 2 nitrogen and oxygen atoms in total. The molecule has 0 bridgehead atoms. The van der Waals surface area contributed by atoms with Crippen LogP contribution in [-0.2, 0) is 6.42 Å². The van der Waals surface area contributed by atoms with Crippen molar-refractivity contribution in [1.29, 1.82) is 0 Å². The number of benzene rings is 1. The van der Waals surface area contributed by atoms with Crippen molar-refractivity contribution in [3.05, 3.63) is 29.3 Å². The molecule has 0 atom stereocenters. The fraction of sp³-hybridized carbons (Fsp3) is 0.300. The molecule has 64 valence electrons. The van der Waals surface area contributed by atoms with Gasteiger partial charge in [0.2, 0.25) is 0 Å². The zero-order valence-electron chi connectivity index (χ0n) is 7.42. The lowest BCUT2D eigenvalue weighted by atomic mass is 10.1. The Morgan fingerprint density at radius 3 is 2.58 bits per heavy atom. The average molecular weight is 163 g/mol. The van der Waals surface area contributed by atoms with Crippen LogP contribution in [0.15, 0.2) is 18.2 Å². The minimum atomic E-state index is 0.0667. The minimum Gasteiger partial charge on any atom is -0.399 e. The lowest BCUT2D eigenvalue weighted by Crippen LogP contribution is -1.96. The van der Waals surface area contributed by atoms with Crippen molar-refractivity contribution in [2.24, 2.45) is 0 Å². The molecule has 1 aromatic rings. The first-order valence-corrected chi connectivity index (χ1v) is 4.04. The fourth-order valence-electron chi connectivity index (χ4n) is 1.13. The van der Waals surface area contributed by atoms with Gasteiger partial charge in [0.05, 0.1) is 0 Å². The summed E-state index contributed by atoms with van der Waals surface area (Å²) < 4.78 is 0. The number of hydrogen-bond donors (Lipinski definition) is 1. The molecule has 0 saturated carbocycles. The molecule has 0 spiro atoms. The molecule has 12 heavy (non-hydrogen) atoms. The lowest BCUT2D eigenvalue weighted by Gasteiger charge is -2.02. The second kappa shape index (κ2) is 3.39. The Kier molecular flexibility index (Phi) is 2.48.